The van der Waals surface area contributed by atoms with Crippen LogP contribution in [0.1, 0.15) is 29.0 Å². The van der Waals surface area contributed by atoms with E-state index < -0.39 is 11.9 Å². The number of rotatable bonds is 7. The van der Waals surface area contributed by atoms with E-state index in [2.05, 4.69) is 10.3 Å². The van der Waals surface area contributed by atoms with Crippen molar-refractivity contribution in [3.05, 3.63) is 58.9 Å². The Hall–Kier alpha value is -3.13. The van der Waals surface area contributed by atoms with E-state index in [0.717, 1.165) is 5.56 Å². The van der Waals surface area contributed by atoms with E-state index in [9.17, 15) is 9.18 Å². The predicted molar refractivity (Wildman–Crippen MR) is 109 cm³/mol. The SMILES string of the molecule is COc1ccc(C(C)NC(=O)c2csc(-c3ccc(OC)c(OC)c3)n2)cc1F. The summed E-state index contributed by atoms with van der Waals surface area (Å²) < 4.78 is 29.4. The molecule has 6 nitrogen and oxygen atoms in total. The van der Waals surface area contributed by atoms with Gasteiger partial charge < -0.3 is 19.5 Å². The van der Waals surface area contributed by atoms with Crippen LogP contribution in [-0.4, -0.2) is 32.2 Å². The molecular formula is C21H21FN2O4S. The van der Waals surface area contributed by atoms with E-state index in [0.29, 0.717) is 27.8 Å². The van der Waals surface area contributed by atoms with E-state index in [1.165, 1.54) is 30.6 Å². The lowest BCUT2D eigenvalue weighted by atomic mass is 10.1. The average Bonchev–Trinajstić information content (AvgIpc) is 3.23. The van der Waals surface area contributed by atoms with E-state index in [4.69, 9.17) is 14.2 Å². The largest absolute Gasteiger partial charge is 0.494 e. The predicted octanol–water partition coefficient (Wildman–Crippen LogP) is 4.47. The maximum absolute atomic E-state index is 13.9. The Kier molecular flexibility index (Phi) is 6.33. The van der Waals surface area contributed by atoms with Crippen molar-refractivity contribution in [3.63, 3.8) is 0 Å². The van der Waals surface area contributed by atoms with Gasteiger partial charge in [-0.25, -0.2) is 9.37 Å². The maximum Gasteiger partial charge on any atom is 0.271 e. The molecule has 2 aromatic carbocycles. The van der Waals surface area contributed by atoms with Crippen LogP contribution in [-0.2, 0) is 0 Å². The second kappa shape index (κ2) is 8.91. The molecule has 29 heavy (non-hydrogen) atoms. The molecule has 1 aromatic heterocycles. The topological polar surface area (TPSA) is 69.7 Å². The number of halogens is 1. The standard InChI is InChI=1S/C21H21FN2O4S/c1-12(13-5-7-17(26-2)15(22)9-13)23-20(25)16-11-29-21(24-16)14-6-8-18(27-3)19(10-14)28-4/h5-12H,1-4H3,(H,23,25). The zero-order valence-electron chi connectivity index (χ0n) is 16.5. The molecule has 0 bridgehead atoms. The van der Waals surface area contributed by atoms with Gasteiger partial charge in [0.1, 0.15) is 10.7 Å². The Balaban J connectivity index is 1.74. The second-order valence-electron chi connectivity index (χ2n) is 6.20. The summed E-state index contributed by atoms with van der Waals surface area (Å²) in [6, 6.07) is 9.64. The summed E-state index contributed by atoms with van der Waals surface area (Å²) >= 11 is 1.35. The Morgan fingerprint density at radius 3 is 2.38 bits per heavy atom. The van der Waals surface area contributed by atoms with Crippen LogP contribution < -0.4 is 19.5 Å². The molecule has 0 spiro atoms. The number of aromatic nitrogens is 1. The molecule has 1 unspecified atom stereocenters. The summed E-state index contributed by atoms with van der Waals surface area (Å²) in [5.74, 6) is 0.547. The maximum atomic E-state index is 13.9. The number of hydrogen-bond acceptors (Lipinski definition) is 6. The van der Waals surface area contributed by atoms with Crippen molar-refractivity contribution in [3.8, 4) is 27.8 Å². The molecular weight excluding hydrogens is 395 g/mol. The number of benzene rings is 2. The van der Waals surface area contributed by atoms with Crippen molar-refractivity contribution in [2.24, 2.45) is 0 Å². The lowest BCUT2D eigenvalue weighted by Gasteiger charge is -2.14. The Morgan fingerprint density at radius 2 is 1.72 bits per heavy atom. The van der Waals surface area contributed by atoms with E-state index >= 15 is 0 Å². The molecule has 1 heterocycles. The Bertz CT molecular complexity index is 1020. The van der Waals surface area contributed by atoms with Crippen molar-refractivity contribution < 1.29 is 23.4 Å². The molecule has 0 aliphatic heterocycles. The summed E-state index contributed by atoms with van der Waals surface area (Å²) in [7, 11) is 4.53. The van der Waals surface area contributed by atoms with Gasteiger partial charge >= 0.3 is 0 Å². The minimum atomic E-state index is -0.476. The number of carbonyl (C=O) groups is 1. The monoisotopic (exact) mass is 416 g/mol. The minimum Gasteiger partial charge on any atom is -0.494 e. The molecule has 0 saturated heterocycles. The van der Waals surface area contributed by atoms with Gasteiger partial charge in [0.25, 0.3) is 5.91 Å². The summed E-state index contributed by atoms with van der Waals surface area (Å²) in [4.78, 5) is 17.0. The fourth-order valence-electron chi connectivity index (χ4n) is 2.79. The molecule has 0 saturated carbocycles. The first-order valence-corrected chi connectivity index (χ1v) is 9.67. The third-order valence-corrected chi connectivity index (χ3v) is 5.28. The molecule has 3 rings (SSSR count). The highest BCUT2D eigenvalue weighted by Crippen LogP contribution is 2.33. The van der Waals surface area contributed by atoms with Crippen LogP contribution in [0, 0.1) is 5.82 Å². The molecule has 3 aromatic rings. The number of nitrogens with zero attached hydrogens (tertiary/aromatic N) is 1. The van der Waals surface area contributed by atoms with Crippen LogP contribution in [0.3, 0.4) is 0 Å². The number of thiazole rings is 1. The van der Waals surface area contributed by atoms with Gasteiger partial charge in [-0.2, -0.15) is 0 Å². The molecule has 8 heteroatoms. The number of nitrogens with one attached hydrogen (secondary N) is 1. The van der Waals surface area contributed by atoms with Gasteiger partial charge in [0.15, 0.2) is 23.1 Å². The van der Waals surface area contributed by atoms with Crippen molar-refractivity contribution in [2.45, 2.75) is 13.0 Å². The summed E-state index contributed by atoms with van der Waals surface area (Å²) in [6.07, 6.45) is 0. The van der Waals surface area contributed by atoms with E-state index in [1.54, 1.807) is 38.7 Å². The molecule has 1 N–H and O–H groups in total. The van der Waals surface area contributed by atoms with Gasteiger partial charge in [-0.15, -0.1) is 11.3 Å². The second-order valence-corrected chi connectivity index (χ2v) is 7.05. The Morgan fingerprint density at radius 1 is 1.03 bits per heavy atom. The molecule has 0 radical (unpaired) electrons. The first kappa shape index (κ1) is 20.6. The van der Waals surface area contributed by atoms with Crippen LogP contribution >= 0.6 is 11.3 Å². The number of ether oxygens (including phenoxy) is 3. The molecule has 152 valence electrons. The highest BCUT2D eigenvalue weighted by atomic mass is 32.1. The first-order valence-electron chi connectivity index (χ1n) is 8.79. The molecule has 1 atom stereocenters. The normalized spacial score (nSPS) is 11.6. The first-order chi connectivity index (χ1) is 14.0. The summed E-state index contributed by atoms with van der Waals surface area (Å²) in [5, 5.41) is 5.20. The fourth-order valence-corrected chi connectivity index (χ4v) is 3.58. The highest BCUT2D eigenvalue weighted by Gasteiger charge is 2.17. The Labute approximate surface area is 172 Å². The van der Waals surface area contributed by atoms with Crippen LogP contribution in [0.15, 0.2) is 41.8 Å². The smallest absolute Gasteiger partial charge is 0.271 e. The van der Waals surface area contributed by atoms with Crippen LogP contribution in [0.4, 0.5) is 4.39 Å². The van der Waals surface area contributed by atoms with Gasteiger partial charge in [0.05, 0.1) is 27.4 Å². The van der Waals surface area contributed by atoms with Gasteiger partial charge in [-0.3, -0.25) is 4.79 Å². The molecule has 1 amide bonds. The van der Waals surface area contributed by atoms with Crippen molar-refractivity contribution in [1.29, 1.82) is 0 Å². The van der Waals surface area contributed by atoms with Crippen LogP contribution in [0.5, 0.6) is 17.2 Å². The highest BCUT2D eigenvalue weighted by molar-refractivity contribution is 7.13. The molecule has 0 aliphatic carbocycles. The van der Waals surface area contributed by atoms with Crippen LogP contribution in [0.2, 0.25) is 0 Å². The van der Waals surface area contributed by atoms with Crippen molar-refractivity contribution in [1.82, 2.24) is 10.3 Å². The third kappa shape index (κ3) is 4.48. The van der Waals surface area contributed by atoms with E-state index in [-0.39, 0.29) is 11.7 Å². The summed E-state index contributed by atoms with van der Waals surface area (Å²) in [6.45, 7) is 1.78. The fraction of sp³-hybridized carbons (Fsp3) is 0.238. The zero-order valence-corrected chi connectivity index (χ0v) is 17.3. The minimum absolute atomic E-state index is 0.159. The van der Waals surface area contributed by atoms with Gasteiger partial charge in [-0.05, 0) is 42.8 Å². The van der Waals surface area contributed by atoms with Crippen molar-refractivity contribution in [2.75, 3.05) is 21.3 Å². The number of amides is 1. The van der Waals surface area contributed by atoms with Crippen molar-refractivity contribution >= 4 is 17.2 Å². The van der Waals surface area contributed by atoms with Gasteiger partial charge in [0, 0.05) is 10.9 Å². The lowest BCUT2D eigenvalue weighted by molar-refractivity contribution is 0.0935. The number of methoxy groups -OCH3 is 3. The lowest BCUT2D eigenvalue weighted by Crippen LogP contribution is -2.27. The quantitative estimate of drug-likeness (QED) is 0.616. The molecule has 0 aliphatic rings. The van der Waals surface area contributed by atoms with Crippen LogP contribution in [0.25, 0.3) is 10.6 Å². The number of carbonyl (C=O) groups excluding carboxylic acids is 1. The zero-order chi connectivity index (χ0) is 21.0. The van der Waals surface area contributed by atoms with Gasteiger partial charge in [-0.1, -0.05) is 6.07 Å². The average molecular weight is 416 g/mol. The molecule has 0 fully saturated rings. The third-order valence-electron chi connectivity index (χ3n) is 4.39. The van der Waals surface area contributed by atoms with Gasteiger partial charge in [0.2, 0.25) is 0 Å². The number of hydrogen-bond donors (Lipinski definition) is 1. The van der Waals surface area contributed by atoms with E-state index in [1.807, 2.05) is 12.1 Å². The summed E-state index contributed by atoms with van der Waals surface area (Å²) in [5.41, 5.74) is 1.74.